The van der Waals surface area contributed by atoms with Crippen LogP contribution in [0.4, 0.5) is 0 Å². The molecule has 0 heterocycles. The minimum Gasteiger partial charge on any atom is -0.394 e. The van der Waals surface area contributed by atoms with Gasteiger partial charge < -0.3 is 10.4 Å². The van der Waals surface area contributed by atoms with Gasteiger partial charge in [0.1, 0.15) is 0 Å². The van der Waals surface area contributed by atoms with E-state index in [1.54, 1.807) is 0 Å². The minimum atomic E-state index is -0.405. The van der Waals surface area contributed by atoms with Gasteiger partial charge in [0.05, 0.1) is 12.1 Å². The molecular formula is C13H18ClNO. The SMILES string of the molecule is CC(CO)(NC/C=C/CCl)c1ccccc1. The van der Waals surface area contributed by atoms with Crippen LogP contribution in [0, 0.1) is 0 Å². The topological polar surface area (TPSA) is 32.3 Å². The summed E-state index contributed by atoms with van der Waals surface area (Å²) < 4.78 is 0. The molecule has 2 N–H and O–H groups in total. The van der Waals surface area contributed by atoms with Gasteiger partial charge in [0, 0.05) is 12.4 Å². The molecule has 0 aromatic heterocycles. The summed E-state index contributed by atoms with van der Waals surface area (Å²) in [7, 11) is 0. The quantitative estimate of drug-likeness (QED) is 0.590. The molecule has 0 radical (unpaired) electrons. The molecule has 0 saturated carbocycles. The maximum Gasteiger partial charge on any atom is 0.0652 e. The molecule has 1 unspecified atom stereocenters. The molecular weight excluding hydrogens is 222 g/mol. The Morgan fingerprint density at radius 2 is 2.00 bits per heavy atom. The maximum absolute atomic E-state index is 9.48. The van der Waals surface area contributed by atoms with Crippen LogP contribution in [-0.4, -0.2) is 24.1 Å². The first-order valence-corrected chi connectivity index (χ1v) is 5.89. The molecule has 0 amide bonds. The van der Waals surface area contributed by atoms with Crippen LogP contribution in [-0.2, 0) is 5.54 Å². The Labute approximate surface area is 102 Å². The van der Waals surface area contributed by atoms with E-state index in [1.165, 1.54) is 0 Å². The van der Waals surface area contributed by atoms with Crippen molar-refractivity contribution in [3.8, 4) is 0 Å². The van der Waals surface area contributed by atoms with E-state index >= 15 is 0 Å². The van der Waals surface area contributed by atoms with Crippen molar-refractivity contribution in [1.29, 1.82) is 0 Å². The van der Waals surface area contributed by atoms with Crippen molar-refractivity contribution in [3.63, 3.8) is 0 Å². The van der Waals surface area contributed by atoms with Crippen molar-refractivity contribution >= 4 is 11.6 Å². The predicted octanol–water partition coefficient (Wildman–Crippen LogP) is 2.28. The first-order valence-electron chi connectivity index (χ1n) is 5.35. The lowest BCUT2D eigenvalue weighted by Crippen LogP contribution is -2.42. The van der Waals surface area contributed by atoms with Gasteiger partial charge in [0.25, 0.3) is 0 Å². The van der Waals surface area contributed by atoms with E-state index in [4.69, 9.17) is 11.6 Å². The van der Waals surface area contributed by atoms with Crippen LogP contribution in [0.3, 0.4) is 0 Å². The minimum absolute atomic E-state index is 0.0612. The van der Waals surface area contributed by atoms with E-state index in [-0.39, 0.29) is 6.61 Å². The van der Waals surface area contributed by atoms with Gasteiger partial charge in [-0.15, -0.1) is 11.6 Å². The zero-order chi connectivity index (χ0) is 11.9. The number of benzene rings is 1. The van der Waals surface area contributed by atoms with E-state index in [1.807, 2.05) is 49.4 Å². The van der Waals surface area contributed by atoms with Gasteiger partial charge in [-0.25, -0.2) is 0 Å². The molecule has 0 aliphatic heterocycles. The van der Waals surface area contributed by atoms with Gasteiger partial charge in [-0.3, -0.25) is 0 Å². The van der Waals surface area contributed by atoms with E-state index in [2.05, 4.69) is 5.32 Å². The predicted molar refractivity (Wildman–Crippen MR) is 68.7 cm³/mol. The average Bonchev–Trinajstić information content (AvgIpc) is 2.35. The number of nitrogens with one attached hydrogen (secondary N) is 1. The number of hydrogen-bond acceptors (Lipinski definition) is 2. The largest absolute Gasteiger partial charge is 0.394 e. The maximum atomic E-state index is 9.48. The smallest absolute Gasteiger partial charge is 0.0652 e. The summed E-state index contributed by atoms with van der Waals surface area (Å²) in [5, 5.41) is 12.8. The van der Waals surface area contributed by atoms with E-state index in [0.717, 1.165) is 5.56 Å². The molecule has 1 rings (SSSR count). The summed E-state index contributed by atoms with van der Waals surface area (Å²) in [5.74, 6) is 0.517. The third-order valence-electron chi connectivity index (χ3n) is 2.59. The number of aliphatic hydroxyl groups is 1. The monoisotopic (exact) mass is 239 g/mol. The molecule has 3 heteroatoms. The van der Waals surface area contributed by atoms with Crippen LogP contribution in [0.2, 0.25) is 0 Å². The zero-order valence-corrected chi connectivity index (χ0v) is 10.2. The van der Waals surface area contributed by atoms with Gasteiger partial charge >= 0.3 is 0 Å². The number of aliphatic hydroxyl groups excluding tert-OH is 1. The van der Waals surface area contributed by atoms with Crippen molar-refractivity contribution in [2.75, 3.05) is 19.0 Å². The zero-order valence-electron chi connectivity index (χ0n) is 9.49. The summed E-state index contributed by atoms with van der Waals surface area (Å²) in [6.07, 6.45) is 3.85. The number of alkyl halides is 1. The first kappa shape index (κ1) is 13.2. The summed E-state index contributed by atoms with van der Waals surface area (Å²) in [5.41, 5.74) is 0.675. The molecule has 0 bridgehead atoms. The molecule has 2 nitrogen and oxygen atoms in total. The standard InChI is InChI=1S/C13H18ClNO/c1-13(11-16,15-10-6-5-9-14)12-7-3-2-4-8-12/h2-8,15-16H,9-11H2,1H3/b6-5+. The van der Waals surface area contributed by atoms with Crippen LogP contribution < -0.4 is 5.32 Å². The summed E-state index contributed by atoms with van der Waals surface area (Å²) in [4.78, 5) is 0. The van der Waals surface area contributed by atoms with E-state index in [0.29, 0.717) is 12.4 Å². The third kappa shape index (κ3) is 3.63. The van der Waals surface area contributed by atoms with Gasteiger partial charge in [-0.05, 0) is 12.5 Å². The normalized spacial score (nSPS) is 15.2. The van der Waals surface area contributed by atoms with Gasteiger partial charge in [0.15, 0.2) is 0 Å². The van der Waals surface area contributed by atoms with Gasteiger partial charge in [-0.1, -0.05) is 42.5 Å². The summed E-state index contributed by atoms with van der Waals surface area (Å²) in [6, 6.07) is 9.93. The Morgan fingerprint density at radius 3 is 2.56 bits per heavy atom. The average molecular weight is 240 g/mol. The molecule has 0 aliphatic rings. The van der Waals surface area contributed by atoms with Crippen LogP contribution >= 0.6 is 11.6 Å². The Morgan fingerprint density at radius 1 is 1.31 bits per heavy atom. The highest BCUT2D eigenvalue weighted by molar-refractivity contribution is 6.18. The molecule has 1 aromatic carbocycles. The molecule has 88 valence electrons. The Balaban J connectivity index is 2.67. The summed E-state index contributed by atoms with van der Waals surface area (Å²) >= 11 is 5.54. The number of allylic oxidation sites excluding steroid dienone is 1. The number of hydrogen-bond donors (Lipinski definition) is 2. The van der Waals surface area contributed by atoms with Gasteiger partial charge in [-0.2, -0.15) is 0 Å². The van der Waals surface area contributed by atoms with Crippen molar-refractivity contribution in [1.82, 2.24) is 5.32 Å². The van der Waals surface area contributed by atoms with E-state index in [9.17, 15) is 5.11 Å². The lowest BCUT2D eigenvalue weighted by Gasteiger charge is -2.29. The highest BCUT2D eigenvalue weighted by atomic mass is 35.5. The van der Waals surface area contributed by atoms with Crippen LogP contribution in [0.1, 0.15) is 12.5 Å². The first-order chi connectivity index (χ1) is 7.73. The number of halogens is 1. The molecule has 0 saturated heterocycles. The Kier molecular flexibility index (Phi) is 5.53. The van der Waals surface area contributed by atoms with Crippen molar-refractivity contribution < 1.29 is 5.11 Å². The summed E-state index contributed by atoms with van der Waals surface area (Å²) in [6.45, 7) is 2.74. The fraction of sp³-hybridized carbons (Fsp3) is 0.385. The van der Waals surface area contributed by atoms with Crippen molar-refractivity contribution in [3.05, 3.63) is 48.0 Å². The lowest BCUT2D eigenvalue weighted by atomic mass is 9.93. The fourth-order valence-corrected chi connectivity index (χ4v) is 1.61. The molecule has 0 spiro atoms. The Hall–Kier alpha value is -0.830. The molecule has 1 atom stereocenters. The fourth-order valence-electron chi connectivity index (χ4n) is 1.49. The lowest BCUT2D eigenvalue weighted by molar-refractivity contribution is 0.179. The van der Waals surface area contributed by atoms with Crippen LogP contribution in [0.5, 0.6) is 0 Å². The van der Waals surface area contributed by atoms with Crippen LogP contribution in [0.25, 0.3) is 0 Å². The molecule has 0 fully saturated rings. The molecule has 16 heavy (non-hydrogen) atoms. The van der Waals surface area contributed by atoms with Crippen LogP contribution in [0.15, 0.2) is 42.5 Å². The molecule has 0 aliphatic carbocycles. The van der Waals surface area contributed by atoms with Gasteiger partial charge in [0.2, 0.25) is 0 Å². The second-order valence-electron chi connectivity index (χ2n) is 3.86. The number of rotatable bonds is 6. The third-order valence-corrected chi connectivity index (χ3v) is 2.77. The van der Waals surface area contributed by atoms with Crippen molar-refractivity contribution in [2.24, 2.45) is 0 Å². The van der Waals surface area contributed by atoms with E-state index < -0.39 is 5.54 Å². The molecule has 1 aromatic rings. The van der Waals surface area contributed by atoms with Crippen molar-refractivity contribution in [2.45, 2.75) is 12.5 Å². The second-order valence-corrected chi connectivity index (χ2v) is 4.17. The second kappa shape index (κ2) is 6.69. The highest BCUT2D eigenvalue weighted by Gasteiger charge is 2.23. The Bertz CT molecular complexity index is 326. The highest BCUT2D eigenvalue weighted by Crippen LogP contribution is 2.19.